The van der Waals surface area contributed by atoms with E-state index in [1.54, 1.807) is 0 Å². The minimum atomic E-state index is 0.405. The highest BCUT2D eigenvalue weighted by atomic mass is 14.9. The average molecular weight is 203 g/mol. The molecule has 0 bridgehead atoms. The lowest BCUT2D eigenvalue weighted by molar-refractivity contribution is 0.775. The molecule has 0 radical (unpaired) electrons. The van der Waals surface area contributed by atoms with Gasteiger partial charge in [-0.1, -0.05) is 19.9 Å². The van der Waals surface area contributed by atoms with Crippen LogP contribution in [-0.4, -0.2) is 16.5 Å². The molecule has 0 aliphatic rings. The third-order valence-electron chi connectivity index (χ3n) is 2.81. The van der Waals surface area contributed by atoms with Crippen molar-refractivity contribution >= 4 is 11.0 Å². The van der Waals surface area contributed by atoms with Crippen molar-refractivity contribution in [1.29, 1.82) is 0 Å². The molecule has 0 saturated carbocycles. The van der Waals surface area contributed by atoms with E-state index in [9.17, 15) is 0 Å². The van der Waals surface area contributed by atoms with Gasteiger partial charge in [0.1, 0.15) is 5.82 Å². The molecule has 1 unspecified atom stereocenters. The van der Waals surface area contributed by atoms with Gasteiger partial charge in [0.15, 0.2) is 0 Å². The fraction of sp³-hybridized carbons (Fsp3) is 0.417. The Balaban J connectivity index is 2.45. The van der Waals surface area contributed by atoms with Crippen LogP contribution in [0.4, 0.5) is 0 Å². The summed E-state index contributed by atoms with van der Waals surface area (Å²) >= 11 is 0. The van der Waals surface area contributed by atoms with Gasteiger partial charge in [-0.25, -0.2) is 4.98 Å². The number of H-pyrrole nitrogens is 1. The summed E-state index contributed by atoms with van der Waals surface area (Å²) in [5.74, 6) is 1.45. The van der Waals surface area contributed by atoms with Crippen molar-refractivity contribution in [3.05, 3.63) is 29.6 Å². The van der Waals surface area contributed by atoms with Crippen LogP contribution in [0.2, 0.25) is 0 Å². The van der Waals surface area contributed by atoms with Crippen LogP contribution in [0.3, 0.4) is 0 Å². The number of aryl methyl sites for hydroxylation is 1. The van der Waals surface area contributed by atoms with E-state index in [1.165, 1.54) is 5.56 Å². The van der Waals surface area contributed by atoms with Gasteiger partial charge in [0, 0.05) is 6.42 Å². The molecular weight excluding hydrogens is 186 g/mol. The zero-order valence-electron chi connectivity index (χ0n) is 9.25. The molecule has 1 aromatic heterocycles. The highest BCUT2D eigenvalue weighted by molar-refractivity contribution is 5.76. The first kappa shape index (κ1) is 10.2. The van der Waals surface area contributed by atoms with Crippen molar-refractivity contribution in [3.8, 4) is 0 Å². The normalized spacial score (nSPS) is 13.3. The van der Waals surface area contributed by atoms with Crippen LogP contribution >= 0.6 is 0 Å². The molecule has 3 N–H and O–H groups in total. The summed E-state index contributed by atoms with van der Waals surface area (Å²) in [5.41, 5.74) is 9.08. The Morgan fingerprint density at radius 3 is 2.93 bits per heavy atom. The molecule has 1 aromatic carbocycles. The van der Waals surface area contributed by atoms with E-state index in [0.29, 0.717) is 12.5 Å². The van der Waals surface area contributed by atoms with Crippen molar-refractivity contribution in [1.82, 2.24) is 9.97 Å². The summed E-state index contributed by atoms with van der Waals surface area (Å²) in [5, 5.41) is 0. The summed E-state index contributed by atoms with van der Waals surface area (Å²) in [6.07, 6.45) is 0.941. The quantitative estimate of drug-likeness (QED) is 0.803. The van der Waals surface area contributed by atoms with Gasteiger partial charge in [-0.3, -0.25) is 0 Å². The molecule has 3 heteroatoms. The van der Waals surface area contributed by atoms with Gasteiger partial charge in [-0.2, -0.15) is 0 Å². The van der Waals surface area contributed by atoms with Crippen LogP contribution in [0, 0.1) is 0 Å². The largest absolute Gasteiger partial charge is 0.342 e. The standard InChI is InChI=1S/C12H17N3/c1-3-12-14-10-5-4-9(8(2)7-13)6-11(10)15-12/h4-6,8H,3,7,13H2,1-2H3,(H,14,15). The van der Waals surface area contributed by atoms with E-state index < -0.39 is 0 Å². The summed E-state index contributed by atoms with van der Waals surface area (Å²) in [6.45, 7) is 4.92. The summed E-state index contributed by atoms with van der Waals surface area (Å²) in [7, 11) is 0. The molecule has 0 aliphatic heterocycles. The van der Waals surface area contributed by atoms with Crippen LogP contribution in [0.5, 0.6) is 0 Å². The van der Waals surface area contributed by atoms with Gasteiger partial charge in [0.2, 0.25) is 0 Å². The Bertz CT molecular complexity index is 459. The Morgan fingerprint density at radius 1 is 1.47 bits per heavy atom. The van der Waals surface area contributed by atoms with Gasteiger partial charge in [-0.05, 0) is 30.2 Å². The van der Waals surface area contributed by atoms with Crippen molar-refractivity contribution in [3.63, 3.8) is 0 Å². The number of hydrogen-bond donors (Lipinski definition) is 2. The number of nitrogens with two attached hydrogens (primary N) is 1. The van der Waals surface area contributed by atoms with Crippen molar-refractivity contribution in [2.45, 2.75) is 26.2 Å². The molecule has 0 aliphatic carbocycles. The second kappa shape index (κ2) is 4.03. The summed E-state index contributed by atoms with van der Waals surface area (Å²) < 4.78 is 0. The number of imidazole rings is 1. The number of aromatic amines is 1. The Kier molecular flexibility index (Phi) is 2.73. The highest BCUT2D eigenvalue weighted by Crippen LogP contribution is 2.19. The van der Waals surface area contributed by atoms with Crippen LogP contribution in [-0.2, 0) is 6.42 Å². The molecule has 15 heavy (non-hydrogen) atoms. The first-order valence-corrected chi connectivity index (χ1v) is 5.43. The zero-order chi connectivity index (χ0) is 10.8. The Morgan fingerprint density at radius 2 is 2.27 bits per heavy atom. The van der Waals surface area contributed by atoms with Gasteiger partial charge >= 0.3 is 0 Å². The maximum Gasteiger partial charge on any atom is 0.106 e. The number of rotatable bonds is 3. The second-order valence-electron chi connectivity index (χ2n) is 3.95. The minimum Gasteiger partial charge on any atom is -0.342 e. The van der Waals surface area contributed by atoms with Crippen molar-refractivity contribution in [2.75, 3.05) is 6.54 Å². The molecule has 1 atom stereocenters. The van der Waals surface area contributed by atoms with Gasteiger partial charge in [-0.15, -0.1) is 0 Å². The van der Waals surface area contributed by atoms with Crippen LogP contribution in [0.15, 0.2) is 18.2 Å². The van der Waals surface area contributed by atoms with Crippen LogP contribution in [0.1, 0.15) is 31.2 Å². The molecule has 0 fully saturated rings. The molecule has 3 nitrogen and oxygen atoms in total. The lowest BCUT2D eigenvalue weighted by atomic mass is 10.0. The van der Waals surface area contributed by atoms with Crippen molar-refractivity contribution < 1.29 is 0 Å². The molecule has 0 spiro atoms. The van der Waals surface area contributed by atoms with E-state index in [2.05, 4.69) is 42.0 Å². The predicted octanol–water partition coefficient (Wildman–Crippen LogP) is 2.19. The third kappa shape index (κ3) is 1.88. The lowest BCUT2D eigenvalue weighted by Crippen LogP contribution is -2.08. The number of hydrogen-bond acceptors (Lipinski definition) is 2. The van der Waals surface area contributed by atoms with Gasteiger partial charge in [0.25, 0.3) is 0 Å². The monoisotopic (exact) mass is 203 g/mol. The van der Waals surface area contributed by atoms with E-state index >= 15 is 0 Å². The first-order chi connectivity index (χ1) is 7.24. The number of aromatic nitrogens is 2. The SMILES string of the molecule is CCc1nc2ccc(C(C)CN)cc2[nH]1. The van der Waals surface area contributed by atoms with E-state index in [4.69, 9.17) is 5.73 Å². The van der Waals surface area contributed by atoms with Crippen LogP contribution < -0.4 is 5.73 Å². The lowest BCUT2D eigenvalue weighted by Gasteiger charge is -2.07. The van der Waals surface area contributed by atoms with Gasteiger partial charge in [0.05, 0.1) is 11.0 Å². The first-order valence-electron chi connectivity index (χ1n) is 5.43. The molecular formula is C12H17N3. The molecule has 80 valence electrons. The fourth-order valence-corrected chi connectivity index (χ4v) is 1.69. The van der Waals surface area contributed by atoms with Gasteiger partial charge < -0.3 is 10.7 Å². The number of nitrogens with zero attached hydrogens (tertiary/aromatic N) is 1. The Labute approximate surface area is 89.7 Å². The highest BCUT2D eigenvalue weighted by Gasteiger charge is 2.06. The molecule has 2 rings (SSSR count). The third-order valence-corrected chi connectivity index (χ3v) is 2.81. The topological polar surface area (TPSA) is 54.7 Å². The molecule has 1 heterocycles. The van der Waals surface area contributed by atoms with E-state index in [-0.39, 0.29) is 0 Å². The maximum absolute atomic E-state index is 5.65. The zero-order valence-corrected chi connectivity index (χ0v) is 9.25. The number of benzene rings is 1. The fourth-order valence-electron chi connectivity index (χ4n) is 1.69. The van der Waals surface area contributed by atoms with Crippen molar-refractivity contribution in [2.24, 2.45) is 5.73 Å². The molecule has 0 amide bonds. The second-order valence-corrected chi connectivity index (χ2v) is 3.95. The van der Waals surface area contributed by atoms with E-state index in [0.717, 1.165) is 23.3 Å². The summed E-state index contributed by atoms with van der Waals surface area (Å²) in [6, 6.07) is 6.33. The van der Waals surface area contributed by atoms with E-state index in [1.807, 2.05) is 0 Å². The maximum atomic E-state index is 5.65. The average Bonchev–Trinajstić information content (AvgIpc) is 2.69. The molecule has 0 saturated heterocycles. The van der Waals surface area contributed by atoms with Crippen LogP contribution in [0.25, 0.3) is 11.0 Å². The summed E-state index contributed by atoms with van der Waals surface area (Å²) in [4.78, 5) is 7.78. The molecule has 2 aromatic rings. The smallest absolute Gasteiger partial charge is 0.106 e. The minimum absolute atomic E-state index is 0.405. The number of fused-ring (bicyclic) bond motifs is 1. The number of nitrogens with one attached hydrogen (secondary N) is 1. The Hall–Kier alpha value is -1.35. The predicted molar refractivity (Wildman–Crippen MR) is 62.9 cm³/mol.